The lowest BCUT2D eigenvalue weighted by Gasteiger charge is -2.00. The molecule has 0 aliphatic carbocycles. The first-order valence-corrected chi connectivity index (χ1v) is 4.24. The summed E-state index contributed by atoms with van der Waals surface area (Å²) in [6.45, 7) is 0. The SMILES string of the molecule is COc1cc(C#CCC(N)=O)ccc1F. The first kappa shape index (κ1) is 11.1. The molecule has 78 valence electrons. The highest BCUT2D eigenvalue weighted by molar-refractivity contribution is 5.76. The van der Waals surface area contributed by atoms with Crippen molar-refractivity contribution in [2.24, 2.45) is 5.73 Å². The van der Waals surface area contributed by atoms with Crippen molar-refractivity contribution >= 4 is 5.91 Å². The number of halogens is 1. The van der Waals surface area contributed by atoms with E-state index >= 15 is 0 Å². The zero-order valence-corrected chi connectivity index (χ0v) is 8.21. The van der Waals surface area contributed by atoms with Gasteiger partial charge in [-0.25, -0.2) is 4.39 Å². The van der Waals surface area contributed by atoms with Gasteiger partial charge in [-0.15, -0.1) is 0 Å². The zero-order chi connectivity index (χ0) is 11.3. The molecule has 0 saturated carbocycles. The molecule has 0 bridgehead atoms. The Morgan fingerprint density at radius 3 is 2.93 bits per heavy atom. The second-order valence-electron chi connectivity index (χ2n) is 2.79. The standard InChI is InChI=1S/C11H10FNO2/c1-15-10-7-8(5-6-9(10)12)3-2-4-11(13)14/h5-7H,4H2,1H3,(H2,13,14). The lowest BCUT2D eigenvalue weighted by molar-refractivity contribution is -0.117. The maximum atomic E-state index is 13.0. The molecule has 0 heterocycles. The molecule has 15 heavy (non-hydrogen) atoms. The lowest BCUT2D eigenvalue weighted by Crippen LogP contribution is -2.08. The predicted octanol–water partition coefficient (Wildman–Crippen LogP) is 1.06. The molecule has 0 unspecified atom stereocenters. The van der Waals surface area contributed by atoms with Gasteiger partial charge in [0, 0.05) is 5.56 Å². The fourth-order valence-electron chi connectivity index (χ4n) is 0.971. The van der Waals surface area contributed by atoms with Gasteiger partial charge in [0.2, 0.25) is 5.91 Å². The predicted molar refractivity (Wildman–Crippen MR) is 53.6 cm³/mol. The number of carbonyl (C=O) groups excluding carboxylic acids is 1. The van der Waals surface area contributed by atoms with Crippen molar-refractivity contribution in [3.63, 3.8) is 0 Å². The molecule has 1 rings (SSSR count). The number of hydrogen-bond donors (Lipinski definition) is 1. The highest BCUT2D eigenvalue weighted by Gasteiger charge is 2.01. The molecule has 1 aromatic carbocycles. The van der Waals surface area contributed by atoms with Crippen LogP contribution in [-0.4, -0.2) is 13.0 Å². The number of methoxy groups -OCH3 is 1. The van der Waals surface area contributed by atoms with Crippen LogP contribution in [0.3, 0.4) is 0 Å². The Balaban J connectivity index is 2.85. The molecule has 0 spiro atoms. The van der Waals surface area contributed by atoms with E-state index in [0.29, 0.717) is 5.56 Å². The van der Waals surface area contributed by atoms with Crippen LogP contribution in [0.2, 0.25) is 0 Å². The number of ether oxygens (including phenoxy) is 1. The Labute approximate surface area is 87.0 Å². The average Bonchev–Trinajstić information content (AvgIpc) is 2.20. The van der Waals surface area contributed by atoms with Crippen molar-refractivity contribution in [2.75, 3.05) is 7.11 Å². The maximum Gasteiger partial charge on any atom is 0.229 e. The van der Waals surface area contributed by atoms with E-state index in [2.05, 4.69) is 11.8 Å². The van der Waals surface area contributed by atoms with Crippen LogP contribution in [0.15, 0.2) is 18.2 Å². The van der Waals surface area contributed by atoms with E-state index in [1.807, 2.05) is 0 Å². The Hall–Kier alpha value is -2.02. The van der Waals surface area contributed by atoms with Gasteiger partial charge in [-0.05, 0) is 18.2 Å². The van der Waals surface area contributed by atoms with Crippen LogP contribution in [0.25, 0.3) is 0 Å². The molecule has 1 amide bonds. The maximum absolute atomic E-state index is 13.0. The Kier molecular flexibility index (Phi) is 3.69. The minimum Gasteiger partial charge on any atom is -0.494 e. The van der Waals surface area contributed by atoms with Crippen LogP contribution in [0.4, 0.5) is 4.39 Å². The summed E-state index contributed by atoms with van der Waals surface area (Å²) in [6.07, 6.45) is -0.0142. The molecule has 0 aliphatic rings. The smallest absolute Gasteiger partial charge is 0.229 e. The van der Waals surface area contributed by atoms with E-state index in [4.69, 9.17) is 10.5 Å². The summed E-state index contributed by atoms with van der Waals surface area (Å²) in [4.78, 5) is 10.4. The summed E-state index contributed by atoms with van der Waals surface area (Å²) < 4.78 is 17.8. The minimum atomic E-state index is -0.489. The molecule has 1 aromatic rings. The molecule has 2 N–H and O–H groups in total. The van der Waals surface area contributed by atoms with Gasteiger partial charge in [0.15, 0.2) is 11.6 Å². The number of amides is 1. The van der Waals surface area contributed by atoms with Crippen molar-refractivity contribution in [3.8, 4) is 17.6 Å². The summed E-state index contributed by atoms with van der Waals surface area (Å²) in [6, 6.07) is 4.22. The summed E-state index contributed by atoms with van der Waals surface area (Å²) in [5, 5.41) is 0. The normalized spacial score (nSPS) is 8.93. The number of hydrogen-bond acceptors (Lipinski definition) is 2. The Morgan fingerprint density at radius 2 is 2.33 bits per heavy atom. The Morgan fingerprint density at radius 1 is 1.60 bits per heavy atom. The van der Waals surface area contributed by atoms with Gasteiger partial charge in [-0.1, -0.05) is 11.8 Å². The number of benzene rings is 1. The van der Waals surface area contributed by atoms with Crippen LogP contribution in [0.5, 0.6) is 5.75 Å². The molecular weight excluding hydrogens is 197 g/mol. The van der Waals surface area contributed by atoms with E-state index in [0.717, 1.165) is 0 Å². The number of nitrogens with two attached hydrogens (primary N) is 1. The van der Waals surface area contributed by atoms with Gasteiger partial charge in [0.25, 0.3) is 0 Å². The van der Waals surface area contributed by atoms with Crippen LogP contribution in [-0.2, 0) is 4.79 Å². The molecule has 4 heteroatoms. The zero-order valence-electron chi connectivity index (χ0n) is 8.21. The van der Waals surface area contributed by atoms with Crippen LogP contribution >= 0.6 is 0 Å². The lowest BCUT2D eigenvalue weighted by atomic mass is 10.2. The van der Waals surface area contributed by atoms with Crippen molar-refractivity contribution in [3.05, 3.63) is 29.6 Å². The molecule has 3 nitrogen and oxygen atoms in total. The Bertz CT molecular complexity index is 432. The van der Waals surface area contributed by atoms with Crippen molar-refractivity contribution < 1.29 is 13.9 Å². The number of rotatable bonds is 2. The molecule has 0 atom stereocenters. The van der Waals surface area contributed by atoms with Crippen molar-refractivity contribution in [2.45, 2.75) is 6.42 Å². The van der Waals surface area contributed by atoms with Gasteiger partial charge in [0.1, 0.15) is 0 Å². The van der Waals surface area contributed by atoms with E-state index < -0.39 is 11.7 Å². The van der Waals surface area contributed by atoms with Crippen LogP contribution < -0.4 is 10.5 Å². The van der Waals surface area contributed by atoms with E-state index in [9.17, 15) is 9.18 Å². The third-order valence-corrected chi connectivity index (χ3v) is 1.65. The fraction of sp³-hybridized carbons (Fsp3) is 0.182. The quantitative estimate of drug-likeness (QED) is 0.737. The summed E-state index contributed by atoms with van der Waals surface area (Å²) in [5.41, 5.74) is 5.49. The van der Waals surface area contributed by atoms with E-state index in [1.165, 1.54) is 25.3 Å². The van der Waals surface area contributed by atoms with E-state index in [-0.39, 0.29) is 12.2 Å². The summed E-state index contributed by atoms with van der Waals surface area (Å²) in [7, 11) is 1.37. The van der Waals surface area contributed by atoms with Gasteiger partial charge in [0.05, 0.1) is 13.5 Å². The molecule has 0 aliphatic heterocycles. The molecule has 0 saturated heterocycles. The van der Waals surface area contributed by atoms with Gasteiger partial charge in [-0.2, -0.15) is 0 Å². The molecule has 0 fully saturated rings. The molecule has 0 aromatic heterocycles. The first-order valence-electron chi connectivity index (χ1n) is 4.24. The monoisotopic (exact) mass is 207 g/mol. The minimum absolute atomic E-state index is 0.0142. The van der Waals surface area contributed by atoms with Crippen molar-refractivity contribution in [1.29, 1.82) is 0 Å². The van der Waals surface area contributed by atoms with Crippen LogP contribution in [0, 0.1) is 17.7 Å². The summed E-state index contributed by atoms with van der Waals surface area (Å²) in [5.74, 6) is 4.44. The topological polar surface area (TPSA) is 52.3 Å². The number of primary amides is 1. The molecular formula is C11H10FNO2. The van der Waals surface area contributed by atoms with Gasteiger partial charge in [-0.3, -0.25) is 4.79 Å². The van der Waals surface area contributed by atoms with Crippen molar-refractivity contribution in [1.82, 2.24) is 0 Å². The second-order valence-corrected chi connectivity index (χ2v) is 2.79. The third kappa shape index (κ3) is 3.31. The highest BCUT2D eigenvalue weighted by atomic mass is 19.1. The highest BCUT2D eigenvalue weighted by Crippen LogP contribution is 2.17. The second kappa shape index (κ2) is 5.01. The molecule has 0 radical (unpaired) electrons. The largest absolute Gasteiger partial charge is 0.494 e. The summed E-state index contributed by atoms with van der Waals surface area (Å²) >= 11 is 0. The van der Waals surface area contributed by atoms with Gasteiger partial charge >= 0.3 is 0 Å². The third-order valence-electron chi connectivity index (χ3n) is 1.65. The first-order chi connectivity index (χ1) is 7.13. The van der Waals surface area contributed by atoms with Crippen LogP contribution in [0.1, 0.15) is 12.0 Å². The fourth-order valence-corrected chi connectivity index (χ4v) is 0.971. The van der Waals surface area contributed by atoms with Gasteiger partial charge < -0.3 is 10.5 Å². The van der Waals surface area contributed by atoms with E-state index in [1.54, 1.807) is 0 Å². The number of carbonyl (C=O) groups is 1. The average molecular weight is 207 g/mol.